The quantitative estimate of drug-likeness (QED) is 0.667. The maximum absolute atomic E-state index is 11.4. The van der Waals surface area contributed by atoms with Crippen molar-refractivity contribution in [3.8, 4) is 0 Å². The molecule has 0 N–H and O–H groups in total. The standard InChI is InChI=1S/C15H13BrO3S/c1-20(17,18)9-13(16)10-6-7-15-12(8-10)11-4-2-3-5-14(11)19-15/h2-8,13H,9H2,1H3. The van der Waals surface area contributed by atoms with Crippen molar-refractivity contribution in [2.75, 3.05) is 12.0 Å². The number of alkyl halides is 1. The van der Waals surface area contributed by atoms with Crippen LogP contribution in [0.15, 0.2) is 46.9 Å². The van der Waals surface area contributed by atoms with Gasteiger partial charge in [0.2, 0.25) is 0 Å². The van der Waals surface area contributed by atoms with Crippen LogP contribution in [0.1, 0.15) is 10.4 Å². The molecule has 0 radical (unpaired) electrons. The molecule has 1 unspecified atom stereocenters. The average Bonchev–Trinajstić information content (AvgIpc) is 2.74. The van der Waals surface area contributed by atoms with Gasteiger partial charge in [-0.3, -0.25) is 0 Å². The fourth-order valence-electron chi connectivity index (χ4n) is 2.30. The molecule has 0 fully saturated rings. The van der Waals surface area contributed by atoms with Gasteiger partial charge in [0, 0.05) is 17.0 Å². The van der Waals surface area contributed by atoms with Gasteiger partial charge >= 0.3 is 0 Å². The number of hydrogen-bond donors (Lipinski definition) is 0. The lowest BCUT2D eigenvalue weighted by Crippen LogP contribution is -2.08. The summed E-state index contributed by atoms with van der Waals surface area (Å²) in [6, 6.07) is 13.6. The summed E-state index contributed by atoms with van der Waals surface area (Å²) in [4.78, 5) is -0.212. The zero-order chi connectivity index (χ0) is 14.3. The van der Waals surface area contributed by atoms with E-state index in [1.807, 2.05) is 42.5 Å². The predicted molar refractivity (Wildman–Crippen MR) is 85.1 cm³/mol. The Hall–Kier alpha value is -1.33. The van der Waals surface area contributed by atoms with Crippen molar-refractivity contribution >= 4 is 47.7 Å². The van der Waals surface area contributed by atoms with Crippen molar-refractivity contribution < 1.29 is 12.8 Å². The number of furan rings is 1. The molecule has 5 heteroatoms. The van der Waals surface area contributed by atoms with Crippen molar-refractivity contribution in [1.29, 1.82) is 0 Å². The summed E-state index contributed by atoms with van der Waals surface area (Å²) in [7, 11) is -3.02. The Bertz CT molecular complexity index is 880. The zero-order valence-corrected chi connectivity index (χ0v) is 13.2. The van der Waals surface area contributed by atoms with E-state index in [1.165, 1.54) is 6.26 Å². The fraction of sp³-hybridized carbons (Fsp3) is 0.200. The summed E-state index contributed by atoms with van der Waals surface area (Å²) in [5, 5.41) is 2.06. The summed E-state index contributed by atoms with van der Waals surface area (Å²) < 4.78 is 28.5. The van der Waals surface area contributed by atoms with Gasteiger partial charge in [-0.1, -0.05) is 40.2 Å². The number of fused-ring (bicyclic) bond motifs is 3. The second kappa shape index (κ2) is 4.90. The van der Waals surface area contributed by atoms with E-state index < -0.39 is 9.84 Å². The molecule has 3 nitrogen and oxygen atoms in total. The number of sulfone groups is 1. The summed E-state index contributed by atoms with van der Waals surface area (Å²) in [6.45, 7) is 0. The molecule has 1 atom stereocenters. The van der Waals surface area contributed by atoms with E-state index in [9.17, 15) is 8.42 Å². The van der Waals surface area contributed by atoms with Crippen LogP contribution >= 0.6 is 15.9 Å². The van der Waals surface area contributed by atoms with E-state index in [2.05, 4.69) is 15.9 Å². The number of halogens is 1. The molecular weight excluding hydrogens is 340 g/mol. The van der Waals surface area contributed by atoms with Crippen LogP contribution < -0.4 is 0 Å². The first-order valence-electron chi connectivity index (χ1n) is 6.17. The molecule has 104 valence electrons. The molecule has 2 aromatic carbocycles. The minimum absolute atomic E-state index is 0.0777. The third kappa shape index (κ3) is 2.60. The highest BCUT2D eigenvalue weighted by molar-refractivity contribution is 9.09. The van der Waals surface area contributed by atoms with Crippen LogP contribution in [0.25, 0.3) is 21.9 Å². The van der Waals surface area contributed by atoms with Crippen LogP contribution in [0, 0.1) is 0 Å². The Morgan fingerprint density at radius 1 is 1.10 bits per heavy atom. The van der Waals surface area contributed by atoms with Gasteiger partial charge < -0.3 is 4.42 Å². The van der Waals surface area contributed by atoms with Gasteiger partial charge in [0.05, 0.1) is 10.6 Å². The van der Waals surface area contributed by atoms with Crippen LogP contribution in [0.4, 0.5) is 0 Å². The maximum Gasteiger partial charge on any atom is 0.148 e. The molecule has 0 aliphatic heterocycles. The van der Waals surface area contributed by atoms with Crippen molar-refractivity contribution in [3.63, 3.8) is 0 Å². The highest BCUT2D eigenvalue weighted by Crippen LogP contribution is 2.33. The van der Waals surface area contributed by atoms with Gasteiger partial charge in [-0.15, -0.1) is 0 Å². The second-order valence-electron chi connectivity index (χ2n) is 4.91. The summed E-state index contributed by atoms with van der Waals surface area (Å²) >= 11 is 3.45. The molecule has 0 saturated heterocycles. The van der Waals surface area contributed by atoms with E-state index in [0.717, 1.165) is 27.5 Å². The fourth-order valence-corrected chi connectivity index (χ4v) is 4.75. The first-order valence-corrected chi connectivity index (χ1v) is 9.15. The molecule has 0 aliphatic rings. The molecule has 1 heterocycles. The summed E-state index contributed by atoms with van der Waals surface area (Å²) in [5.74, 6) is 0.0777. The molecule has 0 aliphatic carbocycles. The van der Waals surface area contributed by atoms with Gasteiger partial charge in [-0.2, -0.15) is 0 Å². The molecule has 0 saturated carbocycles. The minimum Gasteiger partial charge on any atom is -0.456 e. The van der Waals surface area contributed by atoms with Crippen molar-refractivity contribution in [1.82, 2.24) is 0 Å². The Kier molecular flexibility index (Phi) is 3.34. The number of benzene rings is 2. The van der Waals surface area contributed by atoms with Crippen molar-refractivity contribution in [2.45, 2.75) is 4.83 Å². The summed E-state index contributed by atoms with van der Waals surface area (Å²) in [5.41, 5.74) is 2.59. The Labute approximate surface area is 125 Å². The van der Waals surface area contributed by atoms with Gasteiger partial charge in [-0.05, 0) is 23.8 Å². The third-order valence-electron chi connectivity index (χ3n) is 3.21. The Morgan fingerprint density at radius 3 is 2.55 bits per heavy atom. The molecule has 0 amide bonds. The van der Waals surface area contributed by atoms with Crippen molar-refractivity contribution in [3.05, 3.63) is 48.0 Å². The second-order valence-corrected chi connectivity index (χ2v) is 8.20. The average molecular weight is 353 g/mol. The predicted octanol–water partition coefficient (Wildman–Crippen LogP) is 4.07. The maximum atomic E-state index is 11.4. The van der Waals surface area contributed by atoms with Gasteiger partial charge in [0.1, 0.15) is 21.0 Å². The number of rotatable bonds is 3. The SMILES string of the molecule is CS(=O)(=O)CC(Br)c1ccc2oc3ccccc3c2c1. The lowest BCUT2D eigenvalue weighted by Gasteiger charge is -2.08. The molecule has 0 spiro atoms. The molecule has 3 rings (SSSR count). The Balaban J connectivity index is 2.12. The summed E-state index contributed by atoms with van der Waals surface area (Å²) in [6.07, 6.45) is 1.24. The molecule has 0 bridgehead atoms. The zero-order valence-electron chi connectivity index (χ0n) is 10.8. The van der Waals surface area contributed by atoms with Gasteiger partial charge in [0.25, 0.3) is 0 Å². The van der Waals surface area contributed by atoms with E-state index in [-0.39, 0.29) is 10.6 Å². The van der Waals surface area contributed by atoms with E-state index >= 15 is 0 Å². The molecule has 20 heavy (non-hydrogen) atoms. The van der Waals surface area contributed by atoms with Crippen molar-refractivity contribution in [2.24, 2.45) is 0 Å². The third-order valence-corrected chi connectivity index (χ3v) is 5.43. The highest BCUT2D eigenvalue weighted by atomic mass is 79.9. The molecule has 1 aromatic heterocycles. The lowest BCUT2D eigenvalue weighted by atomic mass is 10.1. The highest BCUT2D eigenvalue weighted by Gasteiger charge is 2.16. The van der Waals surface area contributed by atoms with E-state index in [0.29, 0.717) is 0 Å². The Morgan fingerprint density at radius 2 is 1.80 bits per heavy atom. The first-order chi connectivity index (χ1) is 9.44. The monoisotopic (exact) mass is 352 g/mol. The van der Waals surface area contributed by atoms with Crippen LogP contribution in [-0.4, -0.2) is 20.4 Å². The number of hydrogen-bond acceptors (Lipinski definition) is 3. The van der Waals surface area contributed by atoms with Gasteiger partial charge in [0.15, 0.2) is 0 Å². The normalized spacial score (nSPS) is 13.9. The minimum atomic E-state index is -3.02. The number of para-hydroxylation sites is 1. The van der Waals surface area contributed by atoms with Crippen LogP contribution in [0.2, 0.25) is 0 Å². The molecular formula is C15H13BrO3S. The van der Waals surface area contributed by atoms with E-state index in [1.54, 1.807) is 0 Å². The molecule has 3 aromatic rings. The largest absolute Gasteiger partial charge is 0.456 e. The van der Waals surface area contributed by atoms with Crippen LogP contribution in [0.5, 0.6) is 0 Å². The smallest absolute Gasteiger partial charge is 0.148 e. The van der Waals surface area contributed by atoms with Crippen LogP contribution in [0.3, 0.4) is 0 Å². The van der Waals surface area contributed by atoms with Gasteiger partial charge in [-0.25, -0.2) is 8.42 Å². The first kappa shape index (κ1) is 13.6. The topological polar surface area (TPSA) is 47.3 Å². The van der Waals surface area contributed by atoms with Crippen LogP contribution in [-0.2, 0) is 9.84 Å². The van der Waals surface area contributed by atoms with E-state index in [4.69, 9.17) is 4.42 Å². The lowest BCUT2D eigenvalue weighted by molar-refractivity contribution is 0.601.